The van der Waals surface area contributed by atoms with Crippen molar-refractivity contribution < 1.29 is 9.59 Å². The van der Waals surface area contributed by atoms with Gasteiger partial charge < -0.3 is 15.2 Å². The lowest BCUT2D eigenvalue weighted by Gasteiger charge is -2.10. The number of carbonyl (C=O) groups is 2. The van der Waals surface area contributed by atoms with E-state index in [1.54, 1.807) is 12.3 Å². The van der Waals surface area contributed by atoms with Crippen molar-refractivity contribution in [3.63, 3.8) is 0 Å². The Morgan fingerprint density at radius 2 is 1.83 bits per heavy atom. The predicted octanol–water partition coefficient (Wildman–Crippen LogP) is 2.97. The third kappa shape index (κ3) is 5.24. The lowest BCUT2D eigenvalue weighted by molar-refractivity contribution is -0.113. The van der Waals surface area contributed by atoms with Crippen LogP contribution in [0.4, 0.5) is 5.82 Å². The van der Waals surface area contributed by atoms with Gasteiger partial charge >= 0.3 is 0 Å². The third-order valence-corrected chi connectivity index (χ3v) is 5.47. The Labute approximate surface area is 179 Å². The Kier molecular flexibility index (Phi) is 7.18. The number of anilines is 1. The minimum atomic E-state index is -0.165. The highest BCUT2D eigenvalue weighted by molar-refractivity contribution is 7.99. The molecule has 0 fully saturated rings. The van der Waals surface area contributed by atoms with E-state index in [1.807, 2.05) is 55.7 Å². The van der Waals surface area contributed by atoms with Crippen molar-refractivity contribution in [1.29, 1.82) is 0 Å². The average molecular weight is 425 g/mol. The molecule has 2 N–H and O–H groups in total. The van der Waals surface area contributed by atoms with Crippen molar-refractivity contribution in [3.8, 4) is 0 Å². The zero-order valence-electron chi connectivity index (χ0n) is 17.2. The SMILES string of the molecule is CCn1c(CNC(=O)c2ccccc2C)nnc1SCC(=O)Nc1ncccc1C. The van der Waals surface area contributed by atoms with Crippen LogP contribution in [-0.2, 0) is 17.9 Å². The van der Waals surface area contributed by atoms with Gasteiger partial charge in [-0.2, -0.15) is 0 Å². The van der Waals surface area contributed by atoms with E-state index in [1.165, 1.54) is 11.8 Å². The highest BCUT2D eigenvalue weighted by atomic mass is 32.2. The molecule has 0 aliphatic rings. The maximum Gasteiger partial charge on any atom is 0.251 e. The summed E-state index contributed by atoms with van der Waals surface area (Å²) in [6.07, 6.45) is 1.64. The lowest BCUT2D eigenvalue weighted by Crippen LogP contribution is -2.25. The number of aryl methyl sites for hydroxylation is 2. The maximum atomic E-state index is 12.4. The van der Waals surface area contributed by atoms with Gasteiger partial charge in [0.05, 0.1) is 12.3 Å². The molecule has 2 aromatic heterocycles. The fourth-order valence-electron chi connectivity index (χ4n) is 2.87. The molecule has 0 atom stereocenters. The maximum absolute atomic E-state index is 12.4. The van der Waals surface area contributed by atoms with E-state index in [9.17, 15) is 9.59 Å². The minimum Gasteiger partial charge on any atom is -0.345 e. The van der Waals surface area contributed by atoms with Crippen LogP contribution < -0.4 is 10.6 Å². The molecule has 0 aliphatic heterocycles. The first-order valence-electron chi connectivity index (χ1n) is 9.59. The van der Waals surface area contributed by atoms with Gasteiger partial charge in [-0.05, 0) is 44.0 Å². The number of hydrogen-bond acceptors (Lipinski definition) is 6. The molecule has 9 heteroatoms. The summed E-state index contributed by atoms with van der Waals surface area (Å²) in [7, 11) is 0. The van der Waals surface area contributed by atoms with Gasteiger partial charge in [-0.15, -0.1) is 10.2 Å². The quantitative estimate of drug-likeness (QED) is 0.539. The van der Waals surface area contributed by atoms with Crippen molar-refractivity contribution in [2.75, 3.05) is 11.1 Å². The summed E-state index contributed by atoms with van der Waals surface area (Å²) in [5.41, 5.74) is 2.45. The van der Waals surface area contributed by atoms with Crippen LogP contribution >= 0.6 is 11.8 Å². The molecule has 0 radical (unpaired) electrons. The Balaban J connectivity index is 1.58. The second-order valence-corrected chi connectivity index (χ2v) is 7.59. The van der Waals surface area contributed by atoms with Gasteiger partial charge in [0.15, 0.2) is 11.0 Å². The fourth-order valence-corrected chi connectivity index (χ4v) is 3.69. The largest absolute Gasteiger partial charge is 0.345 e. The second kappa shape index (κ2) is 10.0. The van der Waals surface area contributed by atoms with E-state index in [0.717, 1.165) is 11.1 Å². The molecule has 3 rings (SSSR count). The van der Waals surface area contributed by atoms with Crippen molar-refractivity contribution in [2.45, 2.75) is 39.0 Å². The number of pyridine rings is 1. The van der Waals surface area contributed by atoms with Gasteiger partial charge in [0.25, 0.3) is 5.91 Å². The molecule has 0 bridgehead atoms. The number of nitrogens with one attached hydrogen (secondary N) is 2. The zero-order valence-corrected chi connectivity index (χ0v) is 18.0. The van der Waals surface area contributed by atoms with Crippen LogP contribution in [0.25, 0.3) is 0 Å². The van der Waals surface area contributed by atoms with Crippen molar-refractivity contribution in [3.05, 3.63) is 65.1 Å². The summed E-state index contributed by atoms with van der Waals surface area (Å²) < 4.78 is 1.89. The Bertz CT molecular complexity index is 1050. The summed E-state index contributed by atoms with van der Waals surface area (Å²) in [4.78, 5) is 28.9. The van der Waals surface area contributed by atoms with E-state index in [4.69, 9.17) is 0 Å². The van der Waals surface area contributed by atoms with Crippen LogP contribution in [0.1, 0.15) is 34.2 Å². The fraction of sp³-hybridized carbons (Fsp3) is 0.286. The van der Waals surface area contributed by atoms with Crippen LogP contribution in [-0.4, -0.2) is 37.3 Å². The lowest BCUT2D eigenvalue weighted by atomic mass is 10.1. The number of amides is 2. The second-order valence-electron chi connectivity index (χ2n) is 6.65. The molecule has 156 valence electrons. The first-order valence-corrected chi connectivity index (χ1v) is 10.6. The molecule has 0 unspecified atom stereocenters. The van der Waals surface area contributed by atoms with E-state index < -0.39 is 0 Å². The van der Waals surface area contributed by atoms with Gasteiger partial charge in [-0.1, -0.05) is 36.0 Å². The zero-order chi connectivity index (χ0) is 21.5. The minimum absolute atomic E-state index is 0.155. The number of hydrogen-bond donors (Lipinski definition) is 2. The summed E-state index contributed by atoms with van der Waals surface area (Å²) in [5.74, 6) is 1.06. The average Bonchev–Trinajstić information content (AvgIpc) is 3.14. The molecule has 1 aromatic carbocycles. The molecule has 0 saturated carbocycles. The number of benzene rings is 1. The first kappa shape index (κ1) is 21.5. The predicted molar refractivity (Wildman–Crippen MR) is 116 cm³/mol. The Morgan fingerprint density at radius 1 is 1.07 bits per heavy atom. The summed E-state index contributed by atoms with van der Waals surface area (Å²) in [6.45, 7) is 6.65. The topological polar surface area (TPSA) is 102 Å². The molecule has 0 saturated heterocycles. The van der Waals surface area contributed by atoms with E-state index in [2.05, 4.69) is 25.8 Å². The standard InChI is InChI=1S/C21H24N6O2S/c1-4-27-17(12-23-20(29)16-10-6-5-8-14(16)2)25-26-21(27)30-13-18(28)24-19-15(3)9-7-11-22-19/h5-11H,4,12-13H2,1-3H3,(H,23,29)(H,22,24,28). The van der Waals surface area contributed by atoms with Gasteiger partial charge in [-0.3, -0.25) is 9.59 Å². The normalized spacial score (nSPS) is 10.6. The molecule has 8 nitrogen and oxygen atoms in total. The number of nitrogens with zero attached hydrogens (tertiary/aromatic N) is 4. The van der Waals surface area contributed by atoms with Crippen LogP contribution in [0, 0.1) is 13.8 Å². The summed E-state index contributed by atoms with van der Waals surface area (Å²) >= 11 is 1.30. The van der Waals surface area contributed by atoms with Gasteiger partial charge in [0, 0.05) is 18.3 Å². The monoisotopic (exact) mass is 424 g/mol. The Hall–Kier alpha value is -3.20. The van der Waals surface area contributed by atoms with Gasteiger partial charge in [0.2, 0.25) is 5.91 Å². The van der Waals surface area contributed by atoms with Crippen molar-refractivity contribution >= 4 is 29.4 Å². The van der Waals surface area contributed by atoms with E-state index in [-0.39, 0.29) is 24.1 Å². The van der Waals surface area contributed by atoms with Gasteiger partial charge in [-0.25, -0.2) is 4.98 Å². The van der Waals surface area contributed by atoms with Crippen LogP contribution in [0.2, 0.25) is 0 Å². The molecule has 0 aliphatic carbocycles. The van der Waals surface area contributed by atoms with Crippen LogP contribution in [0.15, 0.2) is 47.8 Å². The van der Waals surface area contributed by atoms with Crippen LogP contribution in [0.3, 0.4) is 0 Å². The van der Waals surface area contributed by atoms with E-state index in [0.29, 0.717) is 28.9 Å². The number of aromatic nitrogens is 4. The summed E-state index contributed by atoms with van der Waals surface area (Å²) in [5, 5.41) is 14.7. The number of rotatable bonds is 8. The van der Waals surface area contributed by atoms with E-state index >= 15 is 0 Å². The molecule has 3 aromatic rings. The summed E-state index contributed by atoms with van der Waals surface area (Å²) in [6, 6.07) is 11.1. The van der Waals surface area contributed by atoms with Gasteiger partial charge in [0.1, 0.15) is 5.82 Å². The Morgan fingerprint density at radius 3 is 2.57 bits per heavy atom. The highest BCUT2D eigenvalue weighted by Crippen LogP contribution is 2.18. The van der Waals surface area contributed by atoms with Crippen molar-refractivity contribution in [1.82, 2.24) is 25.1 Å². The van der Waals surface area contributed by atoms with Crippen molar-refractivity contribution in [2.24, 2.45) is 0 Å². The third-order valence-electron chi connectivity index (χ3n) is 4.51. The molecule has 2 heterocycles. The smallest absolute Gasteiger partial charge is 0.251 e. The molecular formula is C21H24N6O2S. The number of carbonyl (C=O) groups excluding carboxylic acids is 2. The number of thioether (sulfide) groups is 1. The molecule has 2 amide bonds. The molecule has 30 heavy (non-hydrogen) atoms. The molecule has 0 spiro atoms. The van der Waals surface area contributed by atoms with Crippen LogP contribution in [0.5, 0.6) is 0 Å². The highest BCUT2D eigenvalue weighted by Gasteiger charge is 2.15. The molecular weight excluding hydrogens is 400 g/mol. The first-order chi connectivity index (χ1) is 14.5.